The number of fused-ring (bicyclic) bond motifs is 1. The number of carbonyl (C=O) groups is 1. The van der Waals surface area contributed by atoms with Crippen LogP contribution in [0.2, 0.25) is 0 Å². The van der Waals surface area contributed by atoms with Crippen molar-refractivity contribution >= 4 is 11.6 Å². The monoisotopic (exact) mass is 497 g/mol. The van der Waals surface area contributed by atoms with Gasteiger partial charge in [0, 0.05) is 23.2 Å². The quantitative estimate of drug-likeness (QED) is 0.478. The molecule has 0 bridgehead atoms. The van der Waals surface area contributed by atoms with Gasteiger partial charge in [-0.05, 0) is 101 Å². The molecule has 0 spiro atoms. The smallest absolute Gasteiger partial charge is 0.241 e. The van der Waals surface area contributed by atoms with Crippen molar-refractivity contribution in [1.29, 1.82) is 0 Å². The molecule has 5 heteroatoms. The summed E-state index contributed by atoms with van der Waals surface area (Å²) < 4.78 is 16.0. The maximum Gasteiger partial charge on any atom is 0.241 e. The summed E-state index contributed by atoms with van der Waals surface area (Å²) in [5, 5.41) is 6.93. The van der Waals surface area contributed by atoms with Gasteiger partial charge in [0.15, 0.2) is 0 Å². The van der Waals surface area contributed by atoms with E-state index in [1.54, 1.807) is 0 Å². The molecule has 1 heterocycles. The number of benzene rings is 1. The van der Waals surface area contributed by atoms with Gasteiger partial charge in [-0.15, -0.1) is 0 Å². The lowest BCUT2D eigenvalue weighted by Crippen LogP contribution is -2.55. The molecule has 5 rings (SSSR count). The van der Waals surface area contributed by atoms with Gasteiger partial charge in [0.2, 0.25) is 5.91 Å². The van der Waals surface area contributed by atoms with Crippen molar-refractivity contribution in [3.63, 3.8) is 0 Å². The minimum Gasteiger partial charge on any atom is -0.325 e. The van der Waals surface area contributed by atoms with E-state index in [1.807, 2.05) is 6.07 Å². The molecule has 4 aliphatic rings. The molecule has 4 fully saturated rings. The number of hydrogen-bond donors (Lipinski definition) is 2. The number of anilines is 1. The Balaban J connectivity index is 1.31. The van der Waals surface area contributed by atoms with Crippen LogP contribution in [-0.4, -0.2) is 49.2 Å². The van der Waals surface area contributed by atoms with E-state index >= 15 is 4.39 Å². The number of nitrogens with zero attached hydrogens (tertiary/aromatic N) is 1. The maximum atomic E-state index is 16.0. The average molecular weight is 498 g/mol. The van der Waals surface area contributed by atoms with Crippen LogP contribution in [0.5, 0.6) is 0 Å². The zero-order valence-corrected chi connectivity index (χ0v) is 22.8. The number of carbonyl (C=O) groups excluding carboxylic acids is 1. The fourth-order valence-corrected chi connectivity index (χ4v) is 8.44. The highest BCUT2D eigenvalue weighted by atomic mass is 19.1. The van der Waals surface area contributed by atoms with Crippen molar-refractivity contribution in [2.75, 3.05) is 19.4 Å². The van der Waals surface area contributed by atoms with Crippen LogP contribution in [0.25, 0.3) is 0 Å². The van der Waals surface area contributed by atoms with Crippen LogP contribution in [0.4, 0.5) is 10.1 Å². The number of halogens is 1. The lowest BCUT2D eigenvalue weighted by molar-refractivity contribution is -0.118. The first-order valence-electron chi connectivity index (χ1n) is 14.9. The topological polar surface area (TPSA) is 44.4 Å². The van der Waals surface area contributed by atoms with Crippen LogP contribution in [0.15, 0.2) is 24.3 Å². The van der Waals surface area contributed by atoms with Crippen LogP contribution in [0.1, 0.15) is 102 Å². The van der Waals surface area contributed by atoms with Crippen molar-refractivity contribution in [3.05, 3.63) is 29.8 Å². The Morgan fingerprint density at radius 2 is 1.78 bits per heavy atom. The standard InChI is InChI=1S/C31H48FN3O/c1-21-14-17-28(32)31(24-11-7-5-4-6-8-12-24)20-27(34-29(21)31)30(36)33-25-13-9-10-22(18-25)23-15-16-26(19-23)35(2)3/h9-10,13,18,21,23-24,26-29,34H,4-8,11-12,14-17,19-20H2,1-3H3,(H,33,36)/t21?,23-,26-,27?,28?,29?,31?/m0/s1. The van der Waals surface area contributed by atoms with E-state index < -0.39 is 6.17 Å². The predicted molar refractivity (Wildman–Crippen MR) is 146 cm³/mol. The number of hydrogen-bond acceptors (Lipinski definition) is 3. The van der Waals surface area contributed by atoms with Crippen LogP contribution in [-0.2, 0) is 4.79 Å². The SMILES string of the molecule is CC1CCC(F)C2(C3CCCCCCC3)CC(C(=O)Nc3cccc([C@H]4CC[C@H](N(C)C)C4)c3)NC12. The summed E-state index contributed by atoms with van der Waals surface area (Å²) >= 11 is 0. The van der Waals surface area contributed by atoms with E-state index in [9.17, 15) is 4.79 Å². The molecular weight excluding hydrogens is 449 g/mol. The zero-order chi connectivity index (χ0) is 25.3. The van der Waals surface area contributed by atoms with E-state index in [1.165, 1.54) is 56.9 Å². The molecule has 1 aromatic carbocycles. The molecular formula is C31H48FN3O. The molecule has 3 aliphatic carbocycles. The van der Waals surface area contributed by atoms with E-state index in [0.717, 1.165) is 24.9 Å². The van der Waals surface area contributed by atoms with Gasteiger partial charge in [-0.2, -0.15) is 0 Å². The highest BCUT2D eigenvalue weighted by Gasteiger charge is 2.60. The Morgan fingerprint density at radius 1 is 1.03 bits per heavy atom. The molecule has 200 valence electrons. The lowest BCUT2D eigenvalue weighted by atomic mass is 9.56. The molecule has 2 N–H and O–H groups in total. The second kappa shape index (κ2) is 11.1. The Kier molecular flexibility index (Phi) is 8.07. The summed E-state index contributed by atoms with van der Waals surface area (Å²) in [5.41, 5.74) is 1.82. The molecule has 1 aromatic rings. The first-order chi connectivity index (χ1) is 17.4. The molecule has 36 heavy (non-hydrogen) atoms. The second-order valence-corrected chi connectivity index (χ2v) is 12.8. The maximum absolute atomic E-state index is 16.0. The zero-order valence-electron chi connectivity index (χ0n) is 22.8. The summed E-state index contributed by atoms with van der Waals surface area (Å²) in [4.78, 5) is 15.9. The highest BCUT2D eigenvalue weighted by molar-refractivity contribution is 5.95. The Morgan fingerprint density at radius 3 is 2.50 bits per heavy atom. The van der Waals surface area contributed by atoms with E-state index in [-0.39, 0.29) is 23.4 Å². The number of amides is 1. The molecule has 0 radical (unpaired) electrons. The van der Waals surface area contributed by atoms with Crippen molar-refractivity contribution < 1.29 is 9.18 Å². The molecule has 3 saturated carbocycles. The summed E-state index contributed by atoms with van der Waals surface area (Å²) in [6.07, 6.45) is 13.5. The normalized spacial score (nSPS) is 37.9. The van der Waals surface area contributed by atoms with Gasteiger partial charge >= 0.3 is 0 Å². The summed E-state index contributed by atoms with van der Waals surface area (Å²) in [7, 11) is 4.34. The minimum atomic E-state index is -0.802. The number of nitrogens with one attached hydrogen (secondary N) is 2. The number of rotatable bonds is 5. The fourth-order valence-electron chi connectivity index (χ4n) is 8.44. The van der Waals surface area contributed by atoms with Crippen molar-refractivity contribution in [2.45, 2.75) is 121 Å². The molecule has 1 aliphatic heterocycles. The van der Waals surface area contributed by atoms with Crippen molar-refractivity contribution in [3.8, 4) is 0 Å². The van der Waals surface area contributed by atoms with Crippen LogP contribution < -0.4 is 10.6 Å². The third-order valence-corrected chi connectivity index (χ3v) is 10.5. The first-order valence-corrected chi connectivity index (χ1v) is 14.9. The minimum absolute atomic E-state index is 0.0174. The summed E-state index contributed by atoms with van der Waals surface area (Å²) in [6.45, 7) is 2.27. The Hall–Kier alpha value is -1.46. The number of alkyl halides is 1. The predicted octanol–water partition coefficient (Wildman–Crippen LogP) is 6.67. The van der Waals surface area contributed by atoms with Gasteiger partial charge in [-0.1, -0.05) is 51.2 Å². The van der Waals surface area contributed by atoms with Gasteiger partial charge < -0.3 is 15.5 Å². The van der Waals surface area contributed by atoms with Gasteiger partial charge in [-0.25, -0.2) is 4.39 Å². The molecule has 4 nitrogen and oxygen atoms in total. The van der Waals surface area contributed by atoms with Gasteiger partial charge in [0.05, 0.1) is 6.04 Å². The molecule has 0 aromatic heterocycles. The third-order valence-electron chi connectivity index (χ3n) is 10.5. The largest absolute Gasteiger partial charge is 0.325 e. The highest BCUT2D eigenvalue weighted by Crippen LogP contribution is 2.56. The van der Waals surface area contributed by atoms with E-state index in [4.69, 9.17) is 0 Å². The fraction of sp³-hybridized carbons (Fsp3) is 0.774. The van der Waals surface area contributed by atoms with Crippen LogP contribution >= 0.6 is 0 Å². The van der Waals surface area contributed by atoms with Gasteiger partial charge in [0.25, 0.3) is 0 Å². The molecule has 1 saturated heterocycles. The Bertz CT molecular complexity index is 898. The second-order valence-electron chi connectivity index (χ2n) is 12.8. The average Bonchev–Trinajstić information content (AvgIpc) is 3.49. The van der Waals surface area contributed by atoms with Crippen LogP contribution in [0.3, 0.4) is 0 Å². The first kappa shape index (κ1) is 26.2. The molecule has 1 amide bonds. The summed E-state index contributed by atoms with van der Waals surface area (Å²) in [6, 6.07) is 8.90. The van der Waals surface area contributed by atoms with E-state index in [0.29, 0.717) is 36.6 Å². The van der Waals surface area contributed by atoms with Crippen LogP contribution in [0, 0.1) is 17.3 Å². The van der Waals surface area contributed by atoms with Gasteiger partial charge in [0.1, 0.15) is 6.17 Å². The van der Waals surface area contributed by atoms with Crippen molar-refractivity contribution in [2.24, 2.45) is 17.3 Å². The summed E-state index contributed by atoms with van der Waals surface area (Å²) in [5.74, 6) is 1.37. The van der Waals surface area contributed by atoms with Crippen molar-refractivity contribution in [1.82, 2.24) is 10.2 Å². The third kappa shape index (κ3) is 5.12. The molecule has 7 atom stereocenters. The van der Waals surface area contributed by atoms with E-state index in [2.05, 4.69) is 54.8 Å². The lowest BCUT2D eigenvalue weighted by Gasteiger charge is -2.50. The Labute approximate surface area is 218 Å². The molecule has 5 unspecified atom stereocenters. The van der Waals surface area contributed by atoms with Gasteiger partial charge in [-0.3, -0.25) is 4.79 Å².